The molecule has 0 aromatic heterocycles. The third kappa shape index (κ3) is 4.11. The highest BCUT2D eigenvalue weighted by Crippen LogP contribution is 2.17. The number of halogens is 3. The molecule has 110 valence electrons. The number of carbonyl (C=O) groups is 1. The molecule has 2 rings (SSSR count). The molecule has 0 aliphatic heterocycles. The van der Waals surface area contributed by atoms with Gasteiger partial charge in [0.1, 0.15) is 11.6 Å². The van der Waals surface area contributed by atoms with Crippen LogP contribution in [0.1, 0.15) is 24.1 Å². The van der Waals surface area contributed by atoms with Crippen LogP contribution in [0.15, 0.2) is 46.9 Å². The van der Waals surface area contributed by atoms with Gasteiger partial charge in [-0.05, 0) is 36.8 Å². The summed E-state index contributed by atoms with van der Waals surface area (Å²) in [4.78, 5) is 11.9. The van der Waals surface area contributed by atoms with E-state index in [2.05, 4.69) is 21.2 Å². The number of hydrogen-bond acceptors (Lipinski definition) is 1. The number of rotatable bonds is 4. The van der Waals surface area contributed by atoms with Crippen LogP contribution in [0.3, 0.4) is 0 Å². The second-order valence-corrected chi connectivity index (χ2v) is 5.63. The first kappa shape index (κ1) is 15.6. The monoisotopic (exact) mass is 353 g/mol. The maximum absolute atomic E-state index is 13.5. The van der Waals surface area contributed by atoms with Crippen LogP contribution in [0.25, 0.3) is 0 Å². The molecule has 1 unspecified atom stereocenters. The van der Waals surface area contributed by atoms with Gasteiger partial charge in [-0.3, -0.25) is 4.79 Å². The molecule has 0 aliphatic rings. The predicted octanol–water partition coefficient (Wildman–Crippen LogP) is 4.15. The van der Waals surface area contributed by atoms with E-state index in [-0.39, 0.29) is 18.0 Å². The molecule has 0 radical (unpaired) electrons. The largest absolute Gasteiger partial charge is 0.349 e. The summed E-state index contributed by atoms with van der Waals surface area (Å²) in [6.45, 7) is 1.82. The van der Waals surface area contributed by atoms with Gasteiger partial charge in [0, 0.05) is 10.0 Å². The fraction of sp³-hybridized carbons (Fsp3) is 0.188. The molecule has 2 aromatic carbocycles. The standard InChI is InChI=1S/C16H14BrF2NO/c1-10(11-5-7-12(17)8-6-11)20-16(21)9-13-14(18)3-2-4-15(13)19/h2-8,10H,9H2,1H3,(H,20,21). The topological polar surface area (TPSA) is 29.1 Å². The lowest BCUT2D eigenvalue weighted by Crippen LogP contribution is -2.28. The molecule has 21 heavy (non-hydrogen) atoms. The van der Waals surface area contributed by atoms with E-state index in [9.17, 15) is 13.6 Å². The normalized spacial score (nSPS) is 12.0. The zero-order chi connectivity index (χ0) is 15.4. The van der Waals surface area contributed by atoms with Crippen LogP contribution in [0.4, 0.5) is 8.78 Å². The molecule has 0 heterocycles. The summed E-state index contributed by atoms with van der Waals surface area (Å²) in [7, 11) is 0. The summed E-state index contributed by atoms with van der Waals surface area (Å²) in [6.07, 6.45) is -0.320. The van der Waals surface area contributed by atoms with Crippen LogP contribution in [0.5, 0.6) is 0 Å². The molecule has 0 saturated heterocycles. The third-order valence-electron chi connectivity index (χ3n) is 3.15. The highest BCUT2D eigenvalue weighted by atomic mass is 79.9. The first-order valence-electron chi connectivity index (χ1n) is 6.45. The zero-order valence-electron chi connectivity index (χ0n) is 11.4. The third-order valence-corrected chi connectivity index (χ3v) is 3.68. The minimum absolute atomic E-state index is 0.210. The fourth-order valence-corrected chi connectivity index (χ4v) is 2.25. The summed E-state index contributed by atoms with van der Waals surface area (Å²) >= 11 is 3.33. The SMILES string of the molecule is CC(NC(=O)Cc1c(F)cccc1F)c1ccc(Br)cc1. The molecule has 0 aliphatic carbocycles. The van der Waals surface area contributed by atoms with Crippen LogP contribution in [0, 0.1) is 11.6 Å². The van der Waals surface area contributed by atoms with E-state index in [0.717, 1.165) is 22.2 Å². The van der Waals surface area contributed by atoms with Crippen molar-refractivity contribution < 1.29 is 13.6 Å². The summed E-state index contributed by atoms with van der Waals surface area (Å²) in [5.41, 5.74) is 0.707. The van der Waals surface area contributed by atoms with Crippen molar-refractivity contribution in [1.29, 1.82) is 0 Å². The molecular formula is C16H14BrF2NO. The highest BCUT2D eigenvalue weighted by molar-refractivity contribution is 9.10. The molecule has 0 saturated carbocycles. The van der Waals surface area contributed by atoms with Gasteiger partial charge in [-0.1, -0.05) is 34.1 Å². The second-order valence-electron chi connectivity index (χ2n) is 4.72. The summed E-state index contributed by atoms with van der Waals surface area (Å²) in [6, 6.07) is 10.8. The van der Waals surface area contributed by atoms with Gasteiger partial charge in [0.15, 0.2) is 0 Å². The zero-order valence-corrected chi connectivity index (χ0v) is 13.0. The Kier molecular flexibility index (Phi) is 5.07. The lowest BCUT2D eigenvalue weighted by Gasteiger charge is -2.15. The van der Waals surface area contributed by atoms with Gasteiger partial charge >= 0.3 is 0 Å². The van der Waals surface area contributed by atoms with Crippen molar-refractivity contribution in [3.63, 3.8) is 0 Å². The van der Waals surface area contributed by atoms with Gasteiger partial charge < -0.3 is 5.32 Å². The van der Waals surface area contributed by atoms with E-state index in [1.54, 1.807) is 0 Å². The van der Waals surface area contributed by atoms with Crippen LogP contribution in [-0.4, -0.2) is 5.91 Å². The average Bonchev–Trinajstić information content (AvgIpc) is 2.43. The fourth-order valence-electron chi connectivity index (χ4n) is 1.99. The summed E-state index contributed by atoms with van der Waals surface area (Å²) in [5.74, 6) is -1.84. The maximum Gasteiger partial charge on any atom is 0.225 e. The van der Waals surface area contributed by atoms with Crippen molar-refractivity contribution in [1.82, 2.24) is 5.32 Å². The Morgan fingerprint density at radius 1 is 1.14 bits per heavy atom. The predicted molar refractivity (Wildman–Crippen MR) is 80.8 cm³/mol. The molecule has 0 fully saturated rings. The van der Waals surface area contributed by atoms with Gasteiger partial charge in [0.05, 0.1) is 12.5 Å². The van der Waals surface area contributed by atoms with E-state index in [4.69, 9.17) is 0 Å². The molecule has 5 heteroatoms. The Balaban J connectivity index is 2.03. The summed E-state index contributed by atoms with van der Waals surface area (Å²) in [5, 5.41) is 2.73. The van der Waals surface area contributed by atoms with E-state index >= 15 is 0 Å². The molecule has 1 N–H and O–H groups in total. The van der Waals surface area contributed by atoms with Gasteiger partial charge in [0.2, 0.25) is 5.91 Å². The van der Waals surface area contributed by atoms with Crippen LogP contribution >= 0.6 is 15.9 Å². The number of benzene rings is 2. The van der Waals surface area contributed by atoms with Crippen LogP contribution < -0.4 is 5.32 Å². The quantitative estimate of drug-likeness (QED) is 0.878. The van der Waals surface area contributed by atoms with Crippen molar-refractivity contribution in [2.75, 3.05) is 0 Å². The van der Waals surface area contributed by atoms with Gasteiger partial charge in [-0.15, -0.1) is 0 Å². The molecule has 1 atom stereocenters. The lowest BCUT2D eigenvalue weighted by atomic mass is 10.1. The van der Waals surface area contributed by atoms with Crippen LogP contribution in [-0.2, 0) is 11.2 Å². The van der Waals surface area contributed by atoms with Gasteiger partial charge in [-0.25, -0.2) is 8.78 Å². The Hall–Kier alpha value is -1.75. The minimum Gasteiger partial charge on any atom is -0.349 e. The Labute approximate surface area is 130 Å². The second kappa shape index (κ2) is 6.80. The van der Waals surface area contributed by atoms with E-state index < -0.39 is 17.5 Å². The smallest absolute Gasteiger partial charge is 0.225 e. The Bertz CT molecular complexity index is 623. The summed E-state index contributed by atoms with van der Waals surface area (Å²) < 4.78 is 27.9. The number of amides is 1. The maximum atomic E-state index is 13.5. The first-order chi connectivity index (χ1) is 9.97. The molecular weight excluding hydrogens is 340 g/mol. The van der Waals surface area contributed by atoms with E-state index in [0.29, 0.717) is 0 Å². The molecule has 1 amide bonds. The number of carbonyl (C=O) groups excluding carboxylic acids is 1. The number of nitrogens with one attached hydrogen (secondary N) is 1. The van der Waals surface area contributed by atoms with Crippen molar-refractivity contribution >= 4 is 21.8 Å². The first-order valence-corrected chi connectivity index (χ1v) is 7.24. The molecule has 0 bridgehead atoms. The van der Waals surface area contributed by atoms with Crippen LogP contribution in [0.2, 0.25) is 0 Å². The van der Waals surface area contributed by atoms with Gasteiger partial charge in [-0.2, -0.15) is 0 Å². The number of hydrogen-bond donors (Lipinski definition) is 1. The molecule has 2 nitrogen and oxygen atoms in total. The lowest BCUT2D eigenvalue weighted by molar-refractivity contribution is -0.121. The molecule has 0 spiro atoms. The molecule has 2 aromatic rings. The average molecular weight is 354 g/mol. The Morgan fingerprint density at radius 3 is 2.29 bits per heavy atom. The van der Waals surface area contributed by atoms with Gasteiger partial charge in [0.25, 0.3) is 0 Å². The van der Waals surface area contributed by atoms with E-state index in [1.807, 2.05) is 31.2 Å². The van der Waals surface area contributed by atoms with Crippen molar-refractivity contribution in [3.8, 4) is 0 Å². The van der Waals surface area contributed by atoms with Crippen molar-refractivity contribution in [3.05, 3.63) is 69.7 Å². The minimum atomic E-state index is -0.707. The Morgan fingerprint density at radius 2 is 1.71 bits per heavy atom. The highest BCUT2D eigenvalue weighted by Gasteiger charge is 2.15. The van der Waals surface area contributed by atoms with Crippen molar-refractivity contribution in [2.45, 2.75) is 19.4 Å². The van der Waals surface area contributed by atoms with Crippen molar-refractivity contribution in [2.24, 2.45) is 0 Å². The van der Waals surface area contributed by atoms with E-state index in [1.165, 1.54) is 6.07 Å².